The van der Waals surface area contributed by atoms with Gasteiger partial charge < -0.3 is 10.4 Å². The summed E-state index contributed by atoms with van der Waals surface area (Å²) in [6, 6.07) is 8.94. The van der Waals surface area contributed by atoms with Gasteiger partial charge in [-0.3, -0.25) is 9.78 Å². The number of pyridine rings is 1. The first-order valence-electron chi connectivity index (χ1n) is 7.01. The number of nitrogens with zero attached hydrogens (tertiary/aromatic N) is 4. The Balaban J connectivity index is 1.73. The maximum Gasteiger partial charge on any atom is 0.257 e. The van der Waals surface area contributed by atoms with Crippen LogP contribution in [0.25, 0.3) is 5.69 Å². The maximum absolute atomic E-state index is 12.2. The van der Waals surface area contributed by atoms with Crippen LogP contribution in [-0.2, 0) is 6.61 Å². The van der Waals surface area contributed by atoms with E-state index in [9.17, 15) is 4.79 Å². The van der Waals surface area contributed by atoms with Crippen molar-refractivity contribution < 1.29 is 9.90 Å². The molecule has 1 aromatic carbocycles. The number of carbonyl (C=O) groups is 1. The number of hydrogen-bond acceptors (Lipinski definition) is 5. The zero-order valence-electron chi connectivity index (χ0n) is 12.5. The molecule has 0 saturated heterocycles. The quantitative estimate of drug-likeness (QED) is 0.765. The van der Waals surface area contributed by atoms with Crippen molar-refractivity contribution in [3.8, 4) is 5.69 Å². The molecule has 1 amide bonds. The van der Waals surface area contributed by atoms with Gasteiger partial charge in [-0.05, 0) is 42.8 Å². The first-order chi connectivity index (χ1) is 11.2. The molecule has 0 spiro atoms. The fourth-order valence-corrected chi connectivity index (χ4v) is 2.08. The number of aromatic nitrogens is 4. The standard InChI is InChI=1S/C16H15N5O2/c1-11-6-12(8-17-7-11)16(23)18-13-2-4-15(5-3-13)21-9-14(10-22)19-20-21/h2-9,22H,10H2,1H3,(H,18,23). The lowest BCUT2D eigenvalue weighted by molar-refractivity contribution is 0.102. The van der Waals surface area contributed by atoms with Crippen molar-refractivity contribution in [1.82, 2.24) is 20.0 Å². The maximum atomic E-state index is 12.2. The summed E-state index contributed by atoms with van der Waals surface area (Å²) in [5, 5.41) is 19.5. The monoisotopic (exact) mass is 309 g/mol. The number of benzene rings is 1. The van der Waals surface area contributed by atoms with Crippen molar-refractivity contribution in [2.24, 2.45) is 0 Å². The molecule has 2 heterocycles. The largest absolute Gasteiger partial charge is 0.390 e. The molecule has 23 heavy (non-hydrogen) atoms. The Hall–Kier alpha value is -3.06. The first-order valence-corrected chi connectivity index (χ1v) is 7.01. The van der Waals surface area contributed by atoms with Crippen molar-refractivity contribution in [2.75, 3.05) is 5.32 Å². The lowest BCUT2D eigenvalue weighted by Gasteiger charge is -2.06. The van der Waals surface area contributed by atoms with Gasteiger partial charge in [0.2, 0.25) is 0 Å². The van der Waals surface area contributed by atoms with Gasteiger partial charge >= 0.3 is 0 Å². The highest BCUT2D eigenvalue weighted by Crippen LogP contribution is 2.14. The highest BCUT2D eigenvalue weighted by molar-refractivity contribution is 6.04. The van der Waals surface area contributed by atoms with Crippen LogP contribution in [-0.4, -0.2) is 31.0 Å². The van der Waals surface area contributed by atoms with Gasteiger partial charge in [0.1, 0.15) is 5.69 Å². The van der Waals surface area contributed by atoms with E-state index in [1.54, 1.807) is 47.4 Å². The predicted molar refractivity (Wildman–Crippen MR) is 84.2 cm³/mol. The Morgan fingerprint density at radius 3 is 2.70 bits per heavy atom. The molecule has 0 aliphatic rings. The highest BCUT2D eigenvalue weighted by Gasteiger charge is 2.07. The van der Waals surface area contributed by atoms with Crippen LogP contribution in [0.5, 0.6) is 0 Å². The van der Waals surface area contributed by atoms with Crippen LogP contribution < -0.4 is 5.32 Å². The minimum absolute atomic E-state index is 0.154. The van der Waals surface area contributed by atoms with Gasteiger partial charge in [-0.2, -0.15) is 0 Å². The predicted octanol–water partition coefficient (Wildman–Crippen LogP) is 1.72. The van der Waals surface area contributed by atoms with Crippen LogP contribution in [0.2, 0.25) is 0 Å². The zero-order chi connectivity index (χ0) is 16.2. The lowest BCUT2D eigenvalue weighted by Crippen LogP contribution is -2.12. The van der Waals surface area contributed by atoms with Crippen LogP contribution in [0, 0.1) is 6.92 Å². The Bertz CT molecular complexity index is 826. The topological polar surface area (TPSA) is 92.9 Å². The van der Waals surface area contributed by atoms with Gasteiger partial charge in [-0.1, -0.05) is 5.21 Å². The summed E-state index contributed by atoms with van der Waals surface area (Å²) in [7, 11) is 0. The van der Waals surface area contributed by atoms with E-state index in [-0.39, 0.29) is 12.5 Å². The number of rotatable bonds is 4. The molecule has 0 saturated carbocycles. The summed E-state index contributed by atoms with van der Waals surface area (Å²) >= 11 is 0. The van der Waals surface area contributed by atoms with Crippen LogP contribution >= 0.6 is 0 Å². The Morgan fingerprint density at radius 1 is 1.26 bits per heavy atom. The van der Waals surface area contributed by atoms with Crippen molar-refractivity contribution >= 4 is 11.6 Å². The summed E-state index contributed by atoms with van der Waals surface area (Å²) in [6.45, 7) is 1.73. The number of amides is 1. The molecule has 3 aromatic rings. The van der Waals surface area contributed by atoms with E-state index >= 15 is 0 Å². The third-order valence-electron chi connectivity index (χ3n) is 3.23. The molecule has 0 unspecified atom stereocenters. The van der Waals surface area contributed by atoms with Gasteiger partial charge in [0, 0.05) is 18.1 Å². The molecule has 0 fully saturated rings. The first kappa shape index (κ1) is 14.9. The molecule has 2 aromatic heterocycles. The molecular weight excluding hydrogens is 294 g/mol. The minimum atomic E-state index is -0.211. The summed E-state index contributed by atoms with van der Waals surface area (Å²) in [4.78, 5) is 16.2. The Kier molecular flexibility index (Phi) is 4.11. The third-order valence-corrected chi connectivity index (χ3v) is 3.23. The average Bonchev–Trinajstić information content (AvgIpc) is 3.04. The van der Waals surface area contributed by atoms with Gasteiger partial charge in [0.05, 0.1) is 24.1 Å². The molecule has 0 atom stereocenters. The number of aryl methyl sites for hydroxylation is 1. The van der Waals surface area contributed by atoms with E-state index in [1.165, 1.54) is 6.20 Å². The fourth-order valence-electron chi connectivity index (χ4n) is 2.08. The second kappa shape index (κ2) is 6.37. The summed E-state index contributed by atoms with van der Waals surface area (Å²) in [5.41, 5.74) is 3.39. The second-order valence-corrected chi connectivity index (χ2v) is 5.06. The van der Waals surface area contributed by atoms with E-state index in [4.69, 9.17) is 5.11 Å². The lowest BCUT2D eigenvalue weighted by atomic mass is 10.2. The third kappa shape index (κ3) is 3.41. The van der Waals surface area contributed by atoms with Crippen molar-refractivity contribution in [3.63, 3.8) is 0 Å². The van der Waals surface area contributed by atoms with Gasteiger partial charge in [0.15, 0.2) is 0 Å². The molecule has 0 aliphatic carbocycles. The van der Waals surface area contributed by atoms with E-state index in [0.717, 1.165) is 11.3 Å². The number of nitrogens with one attached hydrogen (secondary N) is 1. The molecule has 7 heteroatoms. The number of anilines is 1. The van der Waals surface area contributed by atoms with Crippen LogP contribution in [0.4, 0.5) is 5.69 Å². The van der Waals surface area contributed by atoms with E-state index in [0.29, 0.717) is 16.9 Å². The van der Waals surface area contributed by atoms with Crippen LogP contribution in [0.1, 0.15) is 21.6 Å². The van der Waals surface area contributed by atoms with E-state index in [2.05, 4.69) is 20.6 Å². The highest BCUT2D eigenvalue weighted by atomic mass is 16.3. The average molecular weight is 309 g/mol. The molecule has 116 valence electrons. The molecular formula is C16H15N5O2. The van der Waals surface area contributed by atoms with E-state index < -0.39 is 0 Å². The number of carbonyl (C=O) groups excluding carboxylic acids is 1. The molecule has 3 rings (SSSR count). The van der Waals surface area contributed by atoms with Gasteiger partial charge in [-0.15, -0.1) is 5.10 Å². The Morgan fingerprint density at radius 2 is 2.04 bits per heavy atom. The number of hydrogen-bond donors (Lipinski definition) is 2. The molecule has 0 radical (unpaired) electrons. The van der Waals surface area contributed by atoms with E-state index in [1.807, 2.05) is 6.92 Å². The molecule has 0 bridgehead atoms. The van der Waals surface area contributed by atoms with Crippen LogP contribution in [0.3, 0.4) is 0 Å². The van der Waals surface area contributed by atoms with Crippen molar-refractivity contribution in [1.29, 1.82) is 0 Å². The Labute approximate surface area is 132 Å². The van der Waals surface area contributed by atoms with Gasteiger partial charge in [0.25, 0.3) is 5.91 Å². The molecule has 7 nitrogen and oxygen atoms in total. The fraction of sp³-hybridized carbons (Fsp3) is 0.125. The van der Waals surface area contributed by atoms with Crippen LogP contribution in [0.15, 0.2) is 48.9 Å². The van der Waals surface area contributed by atoms with Gasteiger partial charge in [-0.25, -0.2) is 4.68 Å². The second-order valence-electron chi connectivity index (χ2n) is 5.06. The van der Waals surface area contributed by atoms with Crippen molar-refractivity contribution in [2.45, 2.75) is 13.5 Å². The van der Waals surface area contributed by atoms with Crippen molar-refractivity contribution in [3.05, 3.63) is 65.7 Å². The minimum Gasteiger partial charge on any atom is -0.390 e. The molecule has 0 aliphatic heterocycles. The summed E-state index contributed by atoms with van der Waals surface area (Å²) < 4.78 is 1.56. The smallest absolute Gasteiger partial charge is 0.257 e. The molecule has 2 N–H and O–H groups in total. The number of aliphatic hydroxyl groups excluding tert-OH is 1. The summed E-state index contributed by atoms with van der Waals surface area (Å²) in [5.74, 6) is -0.211. The summed E-state index contributed by atoms with van der Waals surface area (Å²) in [6.07, 6.45) is 4.87. The normalized spacial score (nSPS) is 10.5. The number of aliphatic hydroxyl groups is 1. The zero-order valence-corrected chi connectivity index (χ0v) is 12.5. The SMILES string of the molecule is Cc1cncc(C(=O)Nc2ccc(-n3cc(CO)nn3)cc2)c1.